The second-order valence-corrected chi connectivity index (χ2v) is 10.8. The van der Waals surface area contributed by atoms with Gasteiger partial charge in [-0.1, -0.05) is 36.9 Å². The van der Waals surface area contributed by atoms with Crippen molar-refractivity contribution in [2.75, 3.05) is 19.6 Å². The Morgan fingerprint density at radius 2 is 1.92 bits per heavy atom. The molecule has 3 aliphatic heterocycles. The molecule has 1 aromatic carbocycles. The molecule has 3 aliphatic rings. The molecular formula is C26H34N6O5. The smallest absolute Gasteiger partial charge is 0.413 e. The van der Waals surface area contributed by atoms with Gasteiger partial charge in [0.25, 0.3) is 0 Å². The zero-order chi connectivity index (χ0) is 26.2. The van der Waals surface area contributed by atoms with Gasteiger partial charge in [-0.2, -0.15) is 5.06 Å². The van der Waals surface area contributed by atoms with E-state index in [0.29, 0.717) is 43.1 Å². The summed E-state index contributed by atoms with van der Waals surface area (Å²) in [6.07, 6.45) is 1.66. The zero-order valence-corrected chi connectivity index (χ0v) is 21.6. The van der Waals surface area contributed by atoms with Gasteiger partial charge in [-0.25, -0.2) is 9.59 Å². The SMILES string of the molecule is C=C(NC(=O)OC(C)(C)C)N1CC(Cc2nnc([C@@H]3CC[C@@H]4CN3C(=O)N4OCc3ccccc3)o2)C1. The number of nitrogens with one attached hydrogen (secondary N) is 1. The van der Waals surface area contributed by atoms with Gasteiger partial charge in [-0.15, -0.1) is 10.2 Å². The van der Waals surface area contributed by atoms with E-state index in [4.69, 9.17) is 14.0 Å². The molecule has 0 spiro atoms. The fraction of sp³-hybridized carbons (Fsp3) is 0.538. The van der Waals surface area contributed by atoms with Crippen molar-refractivity contribution >= 4 is 12.1 Å². The molecule has 5 rings (SSSR count). The van der Waals surface area contributed by atoms with Gasteiger partial charge in [0.05, 0.1) is 6.04 Å². The van der Waals surface area contributed by atoms with Crippen LogP contribution in [0.2, 0.25) is 0 Å². The summed E-state index contributed by atoms with van der Waals surface area (Å²) in [4.78, 5) is 34.6. The highest BCUT2D eigenvalue weighted by Crippen LogP contribution is 2.38. The third-order valence-corrected chi connectivity index (χ3v) is 6.75. The lowest BCUT2D eigenvalue weighted by molar-refractivity contribution is -0.140. The van der Waals surface area contributed by atoms with Gasteiger partial charge < -0.3 is 19.0 Å². The number of likely N-dealkylation sites (tertiary alicyclic amines) is 1. The number of urea groups is 1. The Morgan fingerprint density at radius 1 is 1.16 bits per heavy atom. The number of hydroxylamine groups is 2. The predicted molar refractivity (Wildman–Crippen MR) is 133 cm³/mol. The van der Waals surface area contributed by atoms with E-state index in [-0.39, 0.29) is 18.1 Å². The van der Waals surface area contributed by atoms with Crippen molar-refractivity contribution in [3.63, 3.8) is 0 Å². The molecule has 3 amide bonds. The van der Waals surface area contributed by atoms with Crippen LogP contribution in [0.5, 0.6) is 0 Å². The van der Waals surface area contributed by atoms with Crippen molar-refractivity contribution in [1.82, 2.24) is 30.4 Å². The van der Waals surface area contributed by atoms with Gasteiger partial charge in [-0.3, -0.25) is 10.2 Å². The number of ether oxygens (including phenoxy) is 1. The lowest BCUT2D eigenvalue weighted by Crippen LogP contribution is -2.50. The highest BCUT2D eigenvalue weighted by molar-refractivity contribution is 5.77. The number of carbonyl (C=O) groups is 2. The maximum absolute atomic E-state index is 13.1. The molecule has 37 heavy (non-hydrogen) atoms. The van der Waals surface area contributed by atoms with E-state index in [1.807, 2.05) is 56.0 Å². The average Bonchev–Trinajstić information content (AvgIpc) is 3.37. The minimum absolute atomic E-state index is 0.0261. The van der Waals surface area contributed by atoms with Gasteiger partial charge in [0.15, 0.2) is 0 Å². The quantitative estimate of drug-likeness (QED) is 0.573. The number of rotatable bonds is 8. The number of hydrogen-bond acceptors (Lipinski definition) is 8. The van der Waals surface area contributed by atoms with Crippen LogP contribution in [-0.4, -0.2) is 68.5 Å². The Kier molecular flexibility index (Phi) is 6.80. The van der Waals surface area contributed by atoms with Crippen LogP contribution in [0, 0.1) is 5.92 Å². The van der Waals surface area contributed by atoms with Gasteiger partial charge in [-0.05, 0) is 39.2 Å². The van der Waals surface area contributed by atoms with Crippen molar-refractivity contribution in [2.45, 2.75) is 64.3 Å². The van der Waals surface area contributed by atoms with E-state index in [2.05, 4.69) is 22.1 Å². The Labute approximate surface area is 216 Å². The van der Waals surface area contributed by atoms with Crippen LogP contribution in [0.15, 0.2) is 47.1 Å². The molecule has 11 heteroatoms. The molecule has 3 fully saturated rings. The van der Waals surface area contributed by atoms with Gasteiger partial charge in [0.1, 0.15) is 24.1 Å². The standard InChI is InChI=1S/C26H34N6O5/c1-17(27-24(33)37-26(2,3)4)30-13-19(14-30)12-22-28-29-23(36-22)21-11-10-20-15-31(21)25(34)32(20)35-16-18-8-6-5-7-9-18/h5-9,19-21H,1,10-16H2,2-4H3,(H,27,33)/t20-,21+/m1/s1. The van der Waals surface area contributed by atoms with Crippen LogP contribution in [0.3, 0.4) is 0 Å². The number of fused-ring (bicyclic) bond motifs is 2. The fourth-order valence-electron chi connectivity index (χ4n) is 4.92. The Balaban J connectivity index is 1.10. The van der Waals surface area contributed by atoms with E-state index in [0.717, 1.165) is 31.5 Å². The van der Waals surface area contributed by atoms with Crippen molar-refractivity contribution in [3.8, 4) is 0 Å². The summed E-state index contributed by atoms with van der Waals surface area (Å²) in [5.74, 6) is 1.84. The third-order valence-electron chi connectivity index (χ3n) is 6.75. The minimum Gasteiger partial charge on any atom is -0.444 e. The van der Waals surface area contributed by atoms with Crippen LogP contribution in [-0.2, 0) is 22.6 Å². The minimum atomic E-state index is -0.566. The molecule has 0 aliphatic carbocycles. The normalized spacial score (nSPS) is 21.7. The number of hydrogen-bond donors (Lipinski definition) is 1. The third kappa shape index (κ3) is 5.71. The number of nitrogens with zero attached hydrogens (tertiary/aromatic N) is 5. The number of piperidine rings is 1. The average molecular weight is 511 g/mol. The van der Waals surface area contributed by atoms with E-state index < -0.39 is 11.7 Å². The number of aromatic nitrogens is 2. The summed E-state index contributed by atoms with van der Waals surface area (Å²) in [5.41, 5.74) is 0.452. The molecule has 11 nitrogen and oxygen atoms in total. The van der Waals surface area contributed by atoms with E-state index in [1.54, 1.807) is 4.90 Å². The molecule has 2 atom stereocenters. The number of benzene rings is 1. The van der Waals surface area contributed by atoms with Crippen LogP contribution < -0.4 is 5.32 Å². The molecule has 3 saturated heterocycles. The summed E-state index contributed by atoms with van der Waals surface area (Å²) < 4.78 is 11.3. The zero-order valence-electron chi connectivity index (χ0n) is 21.6. The summed E-state index contributed by atoms with van der Waals surface area (Å²) >= 11 is 0. The van der Waals surface area contributed by atoms with Crippen LogP contribution in [0.25, 0.3) is 0 Å². The number of carbonyl (C=O) groups excluding carboxylic acids is 2. The van der Waals surface area contributed by atoms with Crippen LogP contribution in [0.1, 0.15) is 57.0 Å². The number of amides is 3. The molecular weight excluding hydrogens is 476 g/mol. The molecule has 0 radical (unpaired) electrons. The summed E-state index contributed by atoms with van der Waals surface area (Å²) in [5, 5.41) is 12.7. The van der Waals surface area contributed by atoms with Crippen LogP contribution >= 0.6 is 0 Å². The van der Waals surface area contributed by atoms with Crippen molar-refractivity contribution in [2.24, 2.45) is 5.92 Å². The predicted octanol–water partition coefficient (Wildman–Crippen LogP) is 3.61. The van der Waals surface area contributed by atoms with Gasteiger partial charge in [0, 0.05) is 32.0 Å². The first-order chi connectivity index (χ1) is 17.7. The lowest BCUT2D eigenvalue weighted by atomic mass is 9.96. The second-order valence-electron chi connectivity index (χ2n) is 10.8. The molecule has 1 aromatic heterocycles. The molecule has 0 unspecified atom stereocenters. The highest BCUT2D eigenvalue weighted by Gasteiger charge is 2.47. The monoisotopic (exact) mass is 510 g/mol. The molecule has 2 aromatic rings. The molecule has 0 saturated carbocycles. The van der Waals surface area contributed by atoms with E-state index in [1.165, 1.54) is 5.06 Å². The second kappa shape index (κ2) is 10.0. The molecule has 4 heterocycles. The largest absolute Gasteiger partial charge is 0.444 e. The first kappa shape index (κ1) is 25.1. The first-order valence-electron chi connectivity index (χ1n) is 12.7. The maximum atomic E-state index is 13.1. The lowest BCUT2D eigenvalue weighted by Gasteiger charge is -2.41. The van der Waals surface area contributed by atoms with Crippen LogP contribution in [0.4, 0.5) is 9.59 Å². The topological polar surface area (TPSA) is 113 Å². The van der Waals surface area contributed by atoms with Crippen molar-refractivity contribution in [1.29, 1.82) is 0 Å². The first-order valence-corrected chi connectivity index (χ1v) is 12.7. The van der Waals surface area contributed by atoms with Crippen molar-refractivity contribution in [3.05, 3.63) is 60.1 Å². The Morgan fingerprint density at radius 3 is 2.65 bits per heavy atom. The van der Waals surface area contributed by atoms with Gasteiger partial charge in [0.2, 0.25) is 11.8 Å². The Bertz CT molecular complexity index is 1140. The Hall–Kier alpha value is -3.60. The molecule has 2 bridgehead atoms. The highest BCUT2D eigenvalue weighted by atomic mass is 16.7. The number of alkyl carbamates (subject to hydrolysis) is 1. The maximum Gasteiger partial charge on any atom is 0.413 e. The molecule has 1 N–H and O–H groups in total. The summed E-state index contributed by atoms with van der Waals surface area (Å²) in [6, 6.07) is 9.43. The van der Waals surface area contributed by atoms with Gasteiger partial charge >= 0.3 is 12.1 Å². The molecule has 198 valence electrons. The summed E-state index contributed by atoms with van der Waals surface area (Å²) in [7, 11) is 0. The fourth-order valence-corrected chi connectivity index (χ4v) is 4.92. The van der Waals surface area contributed by atoms with E-state index >= 15 is 0 Å². The summed E-state index contributed by atoms with van der Waals surface area (Å²) in [6.45, 7) is 11.7. The van der Waals surface area contributed by atoms with Crippen molar-refractivity contribution < 1.29 is 23.6 Å². The van der Waals surface area contributed by atoms with E-state index in [9.17, 15) is 9.59 Å².